The zero-order chi connectivity index (χ0) is 16.3. The Kier molecular flexibility index (Phi) is 5.19. The molecule has 0 aliphatic carbocycles. The molecule has 1 atom stereocenters. The van der Waals surface area contributed by atoms with E-state index in [2.05, 4.69) is 21.2 Å². The number of carbonyl (C=O) groups excluding carboxylic acids is 1. The van der Waals surface area contributed by atoms with Crippen molar-refractivity contribution in [2.24, 2.45) is 0 Å². The van der Waals surface area contributed by atoms with Crippen LogP contribution in [0.5, 0.6) is 5.75 Å². The van der Waals surface area contributed by atoms with Gasteiger partial charge in [-0.2, -0.15) is 0 Å². The van der Waals surface area contributed by atoms with E-state index in [0.717, 1.165) is 16.8 Å². The molecule has 0 aliphatic rings. The van der Waals surface area contributed by atoms with Crippen molar-refractivity contribution in [3.8, 4) is 5.75 Å². The third-order valence-electron chi connectivity index (χ3n) is 3.21. The van der Waals surface area contributed by atoms with E-state index in [4.69, 9.17) is 4.74 Å². The van der Waals surface area contributed by atoms with Crippen LogP contribution in [0.4, 0.5) is 10.1 Å². The number of nitrogens with one attached hydrogen (secondary N) is 1. The van der Waals surface area contributed by atoms with Gasteiger partial charge in [-0.15, -0.1) is 0 Å². The van der Waals surface area contributed by atoms with Crippen LogP contribution in [0.25, 0.3) is 0 Å². The Balaban J connectivity index is 2.05. The van der Waals surface area contributed by atoms with E-state index in [9.17, 15) is 9.18 Å². The van der Waals surface area contributed by atoms with Crippen molar-refractivity contribution < 1.29 is 13.9 Å². The number of halogens is 2. The first-order valence-corrected chi connectivity index (χ1v) is 7.66. The quantitative estimate of drug-likeness (QED) is 0.858. The van der Waals surface area contributed by atoms with E-state index < -0.39 is 6.10 Å². The number of amides is 1. The van der Waals surface area contributed by atoms with Gasteiger partial charge in [-0.3, -0.25) is 4.79 Å². The topological polar surface area (TPSA) is 38.3 Å². The second-order valence-electron chi connectivity index (χ2n) is 5.14. The van der Waals surface area contributed by atoms with Crippen LogP contribution in [-0.2, 0) is 4.79 Å². The van der Waals surface area contributed by atoms with Gasteiger partial charge in [0, 0.05) is 5.69 Å². The van der Waals surface area contributed by atoms with Crippen molar-refractivity contribution in [2.75, 3.05) is 5.32 Å². The predicted molar refractivity (Wildman–Crippen MR) is 88.7 cm³/mol. The largest absolute Gasteiger partial charge is 0.480 e. The molecule has 2 rings (SSSR count). The molecule has 0 bridgehead atoms. The van der Waals surface area contributed by atoms with Crippen molar-refractivity contribution in [1.82, 2.24) is 0 Å². The standard InChI is InChI=1S/C17H17BrFNO2/c1-10-4-6-15(11(2)8-10)20-17(21)12(3)22-16-7-5-13(19)9-14(16)18/h4-9,12H,1-3H3,(H,20,21)/t12-/m1/s1. The lowest BCUT2D eigenvalue weighted by Gasteiger charge is -2.17. The van der Waals surface area contributed by atoms with Gasteiger partial charge in [-0.1, -0.05) is 17.7 Å². The SMILES string of the molecule is Cc1ccc(NC(=O)[C@@H](C)Oc2ccc(F)cc2Br)c(C)c1. The molecule has 2 aromatic carbocycles. The fourth-order valence-electron chi connectivity index (χ4n) is 2.00. The van der Waals surface area contributed by atoms with Crippen LogP contribution in [0.3, 0.4) is 0 Å². The van der Waals surface area contributed by atoms with Crippen LogP contribution in [0.1, 0.15) is 18.1 Å². The van der Waals surface area contributed by atoms with Gasteiger partial charge >= 0.3 is 0 Å². The first kappa shape index (κ1) is 16.5. The van der Waals surface area contributed by atoms with Crippen LogP contribution >= 0.6 is 15.9 Å². The number of anilines is 1. The average molecular weight is 366 g/mol. The van der Waals surface area contributed by atoms with Gasteiger partial charge in [0.2, 0.25) is 0 Å². The summed E-state index contributed by atoms with van der Waals surface area (Å²) in [7, 11) is 0. The summed E-state index contributed by atoms with van der Waals surface area (Å²) in [4.78, 5) is 12.2. The van der Waals surface area contributed by atoms with Gasteiger partial charge in [0.1, 0.15) is 11.6 Å². The zero-order valence-corrected chi connectivity index (χ0v) is 14.2. The van der Waals surface area contributed by atoms with Crippen molar-refractivity contribution in [1.29, 1.82) is 0 Å². The molecule has 0 saturated carbocycles. The maximum atomic E-state index is 13.0. The van der Waals surface area contributed by atoms with Crippen LogP contribution in [0, 0.1) is 19.7 Å². The van der Waals surface area contributed by atoms with Crippen LogP contribution < -0.4 is 10.1 Å². The number of ether oxygens (including phenoxy) is 1. The van der Waals surface area contributed by atoms with Crippen molar-refractivity contribution >= 4 is 27.5 Å². The maximum absolute atomic E-state index is 13.0. The summed E-state index contributed by atoms with van der Waals surface area (Å²) >= 11 is 3.21. The van der Waals surface area contributed by atoms with Gasteiger partial charge in [0.15, 0.2) is 6.10 Å². The number of hydrogen-bond acceptors (Lipinski definition) is 2. The monoisotopic (exact) mass is 365 g/mol. The molecule has 0 aliphatic heterocycles. The number of hydrogen-bond donors (Lipinski definition) is 1. The van der Waals surface area contributed by atoms with Gasteiger partial charge in [0.05, 0.1) is 4.47 Å². The fourth-order valence-corrected chi connectivity index (χ4v) is 2.45. The Bertz CT molecular complexity index is 703. The lowest BCUT2D eigenvalue weighted by atomic mass is 10.1. The molecule has 2 aromatic rings. The molecule has 5 heteroatoms. The highest BCUT2D eigenvalue weighted by Gasteiger charge is 2.17. The Labute approximate surface area is 137 Å². The van der Waals surface area contributed by atoms with Crippen LogP contribution in [0.15, 0.2) is 40.9 Å². The van der Waals surface area contributed by atoms with Crippen molar-refractivity contribution in [3.05, 3.63) is 57.8 Å². The van der Waals surface area contributed by atoms with E-state index in [0.29, 0.717) is 10.2 Å². The molecular formula is C17H17BrFNO2. The van der Waals surface area contributed by atoms with Gasteiger partial charge in [0.25, 0.3) is 5.91 Å². The highest BCUT2D eigenvalue weighted by atomic mass is 79.9. The summed E-state index contributed by atoms with van der Waals surface area (Å²) in [6.45, 7) is 5.58. The molecule has 3 nitrogen and oxygen atoms in total. The minimum atomic E-state index is -0.706. The normalized spacial score (nSPS) is 11.9. The maximum Gasteiger partial charge on any atom is 0.265 e. The molecule has 1 N–H and O–H groups in total. The first-order chi connectivity index (χ1) is 10.4. The van der Waals surface area contributed by atoms with Crippen molar-refractivity contribution in [2.45, 2.75) is 26.9 Å². The van der Waals surface area contributed by atoms with E-state index in [1.165, 1.54) is 18.2 Å². The highest BCUT2D eigenvalue weighted by Crippen LogP contribution is 2.26. The summed E-state index contributed by atoms with van der Waals surface area (Å²) in [6.07, 6.45) is -0.706. The second-order valence-corrected chi connectivity index (χ2v) is 6.00. The molecule has 0 radical (unpaired) electrons. The number of benzene rings is 2. The molecule has 0 fully saturated rings. The third-order valence-corrected chi connectivity index (χ3v) is 3.83. The van der Waals surface area contributed by atoms with E-state index in [1.807, 2.05) is 32.0 Å². The van der Waals surface area contributed by atoms with Gasteiger partial charge in [-0.25, -0.2) is 4.39 Å². The number of aryl methyl sites for hydroxylation is 2. The Morgan fingerprint density at radius 1 is 1.23 bits per heavy atom. The molecule has 116 valence electrons. The molecule has 0 aromatic heterocycles. The lowest BCUT2D eigenvalue weighted by Crippen LogP contribution is -2.30. The molecule has 1 amide bonds. The Morgan fingerprint density at radius 3 is 2.59 bits per heavy atom. The number of carbonyl (C=O) groups is 1. The lowest BCUT2D eigenvalue weighted by molar-refractivity contribution is -0.122. The van der Waals surface area contributed by atoms with Crippen LogP contribution in [-0.4, -0.2) is 12.0 Å². The molecule has 0 saturated heterocycles. The summed E-state index contributed by atoms with van der Waals surface area (Å²) in [5.41, 5.74) is 2.88. The summed E-state index contributed by atoms with van der Waals surface area (Å²) in [5.74, 6) is -0.209. The third kappa shape index (κ3) is 4.07. The predicted octanol–water partition coefficient (Wildman–Crippen LogP) is 4.61. The Morgan fingerprint density at radius 2 is 1.95 bits per heavy atom. The van der Waals surface area contributed by atoms with Gasteiger partial charge in [-0.05, 0) is 66.5 Å². The molecular weight excluding hydrogens is 349 g/mol. The fraction of sp³-hybridized carbons (Fsp3) is 0.235. The summed E-state index contributed by atoms with van der Waals surface area (Å²) in [6, 6.07) is 9.87. The molecule has 22 heavy (non-hydrogen) atoms. The summed E-state index contributed by atoms with van der Waals surface area (Å²) in [5, 5.41) is 2.83. The molecule has 0 heterocycles. The smallest absolute Gasteiger partial charge is 0.265 e. The number of rotatable bonds is 4. The second kappa shape index (κ2) is 6.92. The van der Waals surface area contributed by atoms with E-state index in [-0.39, 0.29) is 11.7 Å². The zero-order valence-electron chi connectivity index (χ0n) is 12.6. The van der Waals surface area contributed by atoms with Gasteiger partial charge < -0.3 is 10.1 Å². The molecule has 0 unspecified atom stereocenters. The van der Waals surface area contributed by atoms with E-state index >= 15 is 0 Å². The Hall–Kier alpha value is -1.88. The average Bonchev–Trinajstić information content (AvgIpc) is 2.44. The van der Waals surface area contributed by atoms with Crippen molar-refractivity contribution in [3.63, 3.8) is 0 Å². The summed E-state index contributed by atoms with van der Waals surface area (Å²) < 4.78 is 19.1. The first-order valence-electron chi connectivity index (χ1n) is 6.86. The minimum absolute atomic E-state index is 0.261. The molecule has 0 spiro atoms. The van der Waals surface area contributed by atoms with Crippen LogP contribution in [0.2, 0.25) is 0 Å². The van der Waals surface area contributed by atoms with E-state index in [1.54, 1.807) is 6.92 Å². The highest BCUT2D eigenvalue weighted by molar-refractivity contribution is 9.10. The minimum Gasteiger partial charge on any atom is -0.480 e.